The zero-order valence-corrected chi connectivity index (χ0v) is 15.1. The van der Waals surface area contributed by atoms with Crippen LogP contribution in [0.25, 0.3) is 11.0 Å². The SMILES string of the molecule is C#COc1n[nH]c2ncnc(Nc3ccc(OCc4ccccc4)c(C)c3)c12. The van der Waals surface area contributed by atoms with Crippen LogP contribution in [0.3, 0.4) is 0 Å². The summed E-state index contributed by atoms with van der Waals surface area (Å²) in [5.74, 6) is 1.61. The second-order valence-corrected chi connectivity index (χ2v) is 6.07. The zero-order valence-electron chi connectivity index (χ0n) is 15.1. The van der Waals surface area contributed by atoms with Crippen molar-refractivity contribution in [2.24, 2.45) is 0 Å². The van der Waals surface area contributed by atoms with E-state index in [9.17, 15) is 0 Å². The van der Waals surface area contributed by atoms with Crippen molar-refractivity contribution in [2.75, 3.05) is 5.32 Å². The van der Waals surface area contributed by atoms with Crippen molar-refractivity contribution in [3.8, 4) is 24.2 Å². The number of H-pyrrole nitrogens is 1. The third-order valence-corrected chi connectivity index (χ3v) is 4.15. The lowest BCUT2D eigenvalue weighted by atomic mass is 10.2. The number of hydrogen-bond acceptors (Lipinski definition) is 6. The van der Waals surface area contributed by atoms with E-state index in [1.807, 2.05) is 55.5 Å². The molecule has 0 spiro atoms. The number of terminal acetylenes is 1. The molecule has 2 aromatic carbocycles. The smallest absolute Gasteiger partial charge is 0.262 e. The molecule has 4 aromatic rings. The number of anilines is 2. The van der Waals surface area contributed by atoms with Crippen LogP contribution in [-0.2, 0) is 6.61 Å². The quantitative estimate of drug-likeness (QED) is 0.499. The van der Waals surface area contributed by atoms with Gasteiger partial charge in [-0.15, -0.1) is 5.10 Å². The van der Waals surface area contributed by atoms with Gasteiger partial charge < -0.3 is 14.8 Å². The topological polar surface area (TPSA) is 85.0 Å². The standard InChI is InChI=1S/C21H17N5O2/c1-3-27-21-18-19(22-13-23-20(18)25-26-21)24-16-9-10-17(14(2)11-16)28-12-15-7-5-4-6-8-15/h1,4-11,13H,12H2,2H3,(H2,22,23,24,25,26). The van der Waals surface area contributed by atoms with Gasteiger partial charge in [0.05, 0.1) is 0 Å². The first kappa shape index (κ1) is 17.4. The minimum Gasteiger partial charge on any atom is -0.489 e. The molecule has 0 saturated carbocycles. The Kier molecular flexibility index (Phi) is 4.76. The van der Waals surface area contributed by atoms with Crippen molar-refractivity contribution in [1.82, 2.24) is 20.2 Å². The van der Waals surface area contributed by atoms with Gasteiger partial charge in [0.25, 0.3) is 5.88 Å². The minimum absolute atomic E-state index is 0.250. The first-order valence-corrected chi connectivity index (χ1v) is 8.60. The summed E-state index contributed by atoms with van der Waals surface area (Å²) in [6, 6.07) is 15.9. The van der Waals surface area contributed by atoms with Gasteiger partial charge in [0.1, 0.15) is 36.0 Å². The fraction of sp³-hybridized carbons (Fsp3) is 0.0952. The maximum atomic E-state index is 5.93. The highest BCUT2D eigenvalue weighted by molar-refractivity contribution is 5.93. The predicted octanol–water partition coefficient (Wildman–Crippen LogP) is 3.95. The second kappa shape index (κ2) is 7.68. The molecule has 7 heteroatoms. The Bertz CT molecular complexity index is 1150. The number of fused-ring (bicyclic) bond motifs is 1. The number of aromatic amines is 1. The molecule has 0 aliphatic heterocycles. The van der Waals surface area contributed by atoms with Crippen molar-refractivity contribution in [3.05, 3.63) is 66.0 Å². The number of nitrogens with one attached hydrogen (secondary N) is 2. The number of benzene rings is 2. The van der Waals surface area contributed by atoms with Gasteiger partial charge in [-0.05, 0) is 36.2 Å². The fourth-order valence-corrected chi connectivity index (χ4v) is 2.82. The molecular weight excluding hydrogens is 354 g/mol. The lowest BCUT2D eigenvalue weighted by molar-refractivity contribution is 0.304. The number of nitrogens with zero attached hydrogens (tertiary/aromatic N) is 3. The number of aryl methyl sites for hydroxylation is 1. The Morgan fingerprint density at radius 2 is 2.00 bits per heavy atom. The largest absolute Gasteiger partial charge is 0.489 e. The molecule has 0 bridgehead atoms. The Labute approximate surface area is 161 Å². The van der Waals surface area contributed by atoms with Gasteiger partial charge in [-0.25, -0.2) is 9.97 Å². The van der Waals surface area contributed by atoms with Crippen LogP contribution in [-0.4, -0.2) is 20.2 Å². The van der Waals surface area contributed by atoms with Gasteiger partial charge in [0, 0.05) is 5.69 Å². The van der Waals surface area contributed by atoms with E-state index in [1.54, 1.807) is 0 Å². The summed E-state index contributed by atoms with van der Waals surface area (Å²) >= 11 is 0. The number of rotatable bonds is 6. The maximum Gasteiger partial charge on any atom is 0.262 e. The molecule has 0 amide bonds. The normalized spacial score (nSPS) is 10.4. The van der Waals surface area contributed by atoms with Crippen LogP contribution in [0.1, 0.15) is 11.1 Å². The Morgan fingerprint density at radius 3 is 2.79 bits per heavy atom. The monoisotopic (exact) mass is 371 g/mol. The molecule has 2 aromatic heterocycles. The van der Waals surface area contributed by atoms with E-state index >= 15 is 0 Å². The first-order valence-electron chi connectivity index (χ1n) is 8.60. The molecule has 2 heterocycles. The lowest BCUT2D eigenvalue weighted by Crippen LogP contribution is -1.99. The molecule has 0 aliphatic carbocycles. The first-order chi connectivity index (χ1) is 13.7. The molecule has 0 saturated heterocycles. The van der Waals surface area contributed by atoms with Crippen molar-refractivity contribution < 1.29 is 9.47 Å². The highest BCUT2D eigenvalue weighted by atomic mass is 16.5. The molecular formula is C21H17N5O2. The second-order valence-electron chi connectivity index (χ2n) is 6.07. The predicted molar refractivity (Wildman–Crippen MR) is 106 cm³/mol. The van der Waals surface area contributed by atoms with Crippen molar-refractivity contribution in [2.45, 2.75) is 13.5 Å². The average Bonchev–Trinajstić information content (AvgIpc) is 3.13. The van der Waals surface area contributed by atoms with Gasteiger partial charge in [-0.1, -0.05) is 36.8 Å². The van der Waals surface area contributed by atoms with Crippen molar-refractivity contribution >= 4 is 22.5 Å². The van der Waals surface area contributed by atoms with Crippen LogP contribution in [0, 0.1) is 19.5 Å². The van der Waals surface area contributed by atoms with E-state index in [2.05, 4.69) is 31.6 Å². The van der Waals surface area contributed by atoms with Gasteiger partial charge >= 0.3 is 0 Å². The molecule has 0 atom stereocenters. The maximum absolute atomic E-state index is 5.93. The van der Waals surface area contributed by atoms with Crippen LogP contribution in [0.15, 0.2) is 54.9 Å². The molecule has 138 valence electrons. The van der Waals surface area contributed by atoms with Crippen LogP contribution in [0.4, 0.5) is 11.5 Å². The van der Waals surface area contributed by atoms with Gasteiger partial charge in [-0.2, -0.15) is 0 Å². The molecule has 28 heavy (non-hydrogen) atoms. The summed E-state index contributed by atoms with van der Waals surface area (Å²) in [4.78, 5) is 8.42. The van der Waals surface area contributed by atoms with Crippen LogP contribution >= 0.6 is 0 Å². The van der Waals surface area contributed by atoms with E-state index in [-0.39, 0.29) is 5.88 Å². The number of aromatic nitrogens is 4. The van der Waals surface area contributed by atoms with Crippen LogP contribution < -0.4 is 14.8 Å². The van der Waals surface area contributed by atoms with Crippen molar-refractivity contribution in [1.29, 1.82) is 0 Å². The number of hydrogen-bond donors (Lipinski definition) is 2. The highest BCUT2D eigenvalue weighted by Crippen LogP contribution is 2.30. The van der Waals surface area contributed by atoms with Gasteiger partial charge in [-0.3, -0.25) is 5.10 Å². The third-order valence-electron chi connectivity index (χ3n) is 4.15. The fourth-order valence-electron chi connectivity index (χ4n) is 2.82. The summed E-state index contributed by atoms with van der Waals surface area (Å²) in [5, 5.41) is 10.6. The summed E-state index contributed by atoms with van der Waals surface area (Å²) < 4.78 is 11.0. The Hall–Kier alpha value is -4.05. The Balaban J connectivity index is 1.55. The van der Waals surface area contributed by atoms with Crippen LogP contribution in [0.2, 0.25) is 0 Å². The average molecular weight is 371 g/mol. The summed E-state index contributed by atoms with van der Waals surface area (Å²) in [7, 11) is 0. The van der Waals surface area contributed by atoms with Crippen LogP contribution in [0.5, 0.6) is 11.6 Å². The minimum atomic E-state index is 0.250. The van der Waals surface area contributed by atoms with Crippen molar-refractivity contribution in [3.63, 3.8) is 0 Å². The molecule has 0 radical (unpaired) electrons. The van der Waals surface area contributed by atoms with Gasteiger partial charge in [0.15, 0.2) is 5.65 Å². The van der Waals surface area contributed by atoms with E-state index in [1.165, 1.54) is 6.33 Å². The molecule has 2 N–H and O–H groups in total. The van der Waals surface area contributed by atoms with E-state index < -0.39 is 0 Å². The molecule has 0 aliphatic rings. The summed E-state index contributed by atoms with van der Waals surface area (Å²) in [5.41, 5.74) is 3.49. The van der Waals surface area contributed by atoms with E-state index in [0.29, 0.717) is 23.5 Å². The number of ether oxygens (including phenoxy) is 2. The zero-order chi connectivity index (χ0) is 19.3. The molecule has 0 fully saturated rings. The molecule has 4 rings (SSSR count). The van der Waals surface area contributed by atoms with E-state index in [4.69, 9.17) is 15.9 Å². The summed E-state index contributed by atoms with van der Waals surface area (Å²) in [6.45, 7) is 2.51. The molecule has 0 unspecified atom stereocenters. The molecule has 7 nitrogen and oxygen atoms in total. The third kappa shape index (κ3) is 3.57. The highest BCUT2D eigenvalue weighted by Gasteiger charge is 2.14. The van der Waals surface area contributed by atoms with E-state index in [0.717, 1.165) is 22.6 Å². The van der Waals surface area contributed by atoms with Gasteiger partial charge in [0.2, 0.25) is 0 Å². The Morgan fingerprint density at radius 1 is 1.14 bits per heavy atom. The lowest BCUT2D eigenvalue weighted by Gasteiger charge is -2.12. The summed E-state index contributed by atoms with van der Waals surface area (Å²) in [6.07, 6.45) is 8.77.